The lowest BCUT2D eigenvalue weighted by Crippen LogP contribution is -2.52. The molecule has 3 nitrogen and oxygen atoms in total. The molecule has 1 aromatic carbocycles. The monoisotopic (exact) mass is 356 g/mol. The van der Waals surface area contributed by atoms with Crippen LogP contribution in [0.2, 0.25) is 0 Å². The summed E-state index contributed by atoms with van der Waals surface area (Å²) < 4.78 is 1.08. The molecule has 0 radical (unpaired) electrons. The van der Waals surface area contributed by atoms with Gasteiger partial charge in [0.25, 0.3) is 0 Å². The Hall–Kier alpha value is -0.520. The van der Waals surface area contributed by atoms with Gasteiger partial charge in [-0.15, -0.1) is 11.8 Å². The first-order valence-electron chi connectivity index (χ1n) is 6.99. The van der Waals surface area contributed by atoms with Crippen molar-refractivity contribution in [3.63, 3.8) is 0 Å². The number of nitrogens with two attached hydrogens (primary N) is 1. The van der Waals surface area contributed by atoms with Crippen LogP contribution in [0.3, 0.4) is 0 Å². The van der Waals surface area contributed by atoms with E-state index in [0.717, 1.165) is 30.2 Å². The number of carbonyl (C=O) groups excluding carboxylic acids is 1. The minimum absolute atomic E-state index is 0.0123. The minimum atomic E-state index is -0.623. The van der Waals surface area contributed by atoms with Gasteiger partial charge in [0.2, 0.25) is 5.91 Å². The number of carbonyl (C=O) groups is 1. The third kappa shape index (κ3) is 4.24. The first-order valence-corrected chi connectivity index (χ1v) is 8.66. The summed E-state index contributed by atoms with van der Waals surface area (Å²) in [6.45, 7) is 2.77. The van der Waals surface area contributed by atoms with Crippen molar-refractivity contribution in [2.75, 3.05) is 6.54 Å². The fourth-order valence-electron chi connectivity index (χ4n) is 2.43. The highest BCUT2D eigenvalue weighted by Crippen LogP contribution is 2.28. The van der Waals surface area contributed by atoms with Crippen LogP contribution < -0.4 is 11.1 Å². The van der Waals surface area contributed by atoms with Crippen LogP contribution in [0, 0.1) is 0 Å². The van der Waals surface area contributed by atoms with Crippen molar-refractivity contribution in [1.29, 1.82) is 0 Å². The average molecular weight is 357 g/mol. The van der Waals surface area contributed by atoms with E-state index in [4.69, 9.17) is 5.73 Å². The van der Waals surface area contributed by atoms with Crippen molar-refractivity contribution in [3.8, 4) is 0 Å². The van der Waals surface area contributed by atoms with Gasteiger partial charge in [-0.05, 0) is 37.1 Å². The number of benzene rings is 1. The third-order valence-electron chi connectivity index (χ3n) is 3.65. The van der Waals surface area contributed by atoms with Gasteiger partial charge in [0.15, 0.2) is 0 Å². The summed E-state index contributed by atoms with van der Waals surface area (Å²) in [5, 5.41) is 3.33. The van der Waals surface area contributed by atoms with Crippen LogP contribution in [0.1, 0.15) is 32.6 Å². The molecule has 0 saturated heterocycles. The quantitative estimate of drug-likeness (QED) is 0.795. The Balaban J connectivity index is 1.78. The number of nitrogens with one attached hydrogen (secondary N) is 1. The predicted molar refractivity (Wildman–Crippen MR) is 87.9 cm³/mol. The molecule has 1 atom stereocenters. The van der Waals surface area contributed by atoms with Gasteiger partial charge in [-0.2, -0.15) is 0 Å². The van der Waals surface area contributed by atoms with Crippen LogP contribution in [0.25, 0.3) is 0 Å². The number of rotatable bonds is 5. The number of hydrogen-bond acceptors (Lipinski definition) is 3. The zero-order valence-electron chi connectivity index (χ0n) is 11.7. The lowest BCUT2D eigenvalue weighted by atomic mass is 9.98. The molecule has 1 fully saturated rings. The molecule has 3 N–H and O–H groups in total. The summed E-state index contributed by atoms with van der Waals surface area (Å²) in [5.74, 6) is 0.0123. The molecule has 1 amide bonds. The first-order chi connectivity index (χ1) is 9.49. The van der Waals surface area contributed by atoms with E-state index in [-0.39, 0.29) is 5.91 Å². The summed E-state index contributed by atoms with van der Waals surface area (Å²) in [4.78, 5) is 13.3. The molecular weight excluding hydrogens is 336 g/mol. The molecule has 1 aliphatic rings. The van der Waals surface area contributed by atoms with Gasteiger partial charge in [-0.1, -0.05) is 35.7 Å². The molecular formula is C15H21BrN2OS. The smallest absolute Gasteiger partial charge is 0.240 e. The topological polar surface area (TPSA) is 55.1 Å². The fourth-order valence-corrected chi connectivity index (χ4v) is 3.62. The Labute approximate surface area is 133 Å². The van der Waals surface area contributed by atoms with Crippen molar-refractivity contribution in [2.45, 2.75) is 48.3 Å². The van der Waals surface area contributed by atoms with Crippen molar-refractivity contribution < 1.29 is 4.79 Å². The minimum Gasteiger partial charge on any atom is -0.353 e. The maximum absolute atomic E-state index is 12.1. The molecule has 5 heteroatoms. The van der Waals surface area contributed by atoms with Crippen molar-refractivity contribution in [2.24, 2.45) is 5.73 Å². The van der Waals surface area contributed by atoms with Crippen molar-refractivity contribution in [1.82, 2.24) is 5.32 Å². The number of thioether (sulfide) groups is 1. The van der Waals surface area contributed by atoms with Gasteiger partial charge in [-0.25, -0.2) is 0 Å². The van der Waals surface area contributed by atoms with Crippen LogP contribution >= 0.6 is 27.7 Å². The van der Waals surface area contributed by atoms with Crippen LogP contribution in [0.5, 0.6) is 0 Å². The van der Waals surface area contributed by atoms with E-state index in [1.165, 1.54) is 4.90 Å². The van der Waals surface area contributed by atoms with E-state index in [1.54, 1.807) is 11.8 Å². The second kappa shape index (κ2) is 6.96. The zero-order valence-corrected chi connectivity index (χ0v) is 14.1. The Morgan fingerprint density at radius 3 is 2.60 bits per heavy atom. The van der Waals surface area contributed by atoms with Crippen LogP contribution in [-0.4, -0.2) is 23.2 Å². The van der Waals surface area contributed by atoms with E-state index >= 15 is 0 Å². The van der Waals surface area contributed by atoms with Gasteiger partial charge in [0.1, 0.15) is 0 Å². The number of amides is 1. The second-order valence-corrected chi connectivity index (χ2v) is 7.88. The number of halogens is 1. The summed E-state index contributed by atoms with van der Waals surface area (Å²) in [6.07, 6.45) is 3.75. The van der Waals surface area contributed by atoms with Crippen LogP contribution in [-0.2, 0) is 4.79 Å². The van der Waals surface area contributed by atoms with Crippen molar-refractivity contribution >= 4 is 33.6 Å². The molecule has 0 aromatic heterocycles. The summed E-state index contributed by atoms with van der Waals surface area (Å²) >= 11 is 5.18. The lowest BCUT2D eigenvalue weighted by Gasteiger charge is -2.23. The summed E-state index contributed by atoms with van der Waals surface area (Å²) in [7, 11) is 0. The van der Waals surface area contributed by atoms with Gasteiger partial charge in [-0.3, -0.25) is 4.79 Å². The fraction of sp³-hybridized carbons (Fsp3) is 0.533. The SMILES string of the molecule is CC(CNC(=O)C1(N)CCCC1)Sc1ccc(Br)cc1. The van der Waals surface area contributed by atoms with Crippen molar-refractivity contribution in [3.05, 3.63) is 28.7 Å². The van der Waals surface area contributed by atoms with E-state index in [0.29, 0.717) is 11.8 Å². The summed E-state index contributed by atoms with van der Waals surface area (Å²) in [6, 6.07) is 8.21. The lowest BCUT2D eigenvalue weighted by molar-refractivity contribution is -0.126. The molecule has 110 valence electrons. The van der Waals surface area contributed by atoms with Gasteiger partial charge in [0.05, 0.1) is 5.54 Å². The first kappa shape index (κ1) is 15.9. The van der Waals surface area contributed by atoms with E-state index in [2.05, 4.69) is 40.3 Å². The highest BCUT2D eigenvalue weighted by molar-refractivity contribution is 9.10. The molecule has 1 aromatic rings. The van der Waals surface area contributed by atoms with Gasteiger partial charge >= 0.3 is 0 Å². The number of hydrogen-bond donors (Lipinski definition) is 2. The van der Waals surface area contributed by atoms with E-state index in [1.807, 2.05) is 12.1 Å². The molecule has 0 aliphatic heterocycles. The third-order valence-corrected chi connectivity index (χ3v) is 5.29. The summed E-state index contributed by atoms with van der Waals surface area (Å²) in [5.41, 5.74) is 5.51. The second-order valence-electron chi connectivity index (χ2n) is 5.46. The van der Waals surface area contributed by atoms with E-state index < -0.39 is 5.54 Å². The highest BCUT2D eigenvalue weighted by Gasteiger charge is 2.36. The standard InChI is InChI=1S/C15H21BrN2OS/c1-11(20-13-6-4-12(16)5-7-13)10-18-14(19)15(17)8-2-3-9-15/h4-7,11H,2-3,8-10,17H2,1H3,(H,18,19). The molecule has 1 saturated carbocycles. The molecule has 20 heavy (non-hydrogen) atoms. The van der Waals surface area contributed by atoms with Gasteiger partial charge < -0.3 is 11.1 Å². The highest BCUT2D eigenvalue weighted by atomic mass is 79.9. The van der Waals surface area contributed by atoms with Crippen LogP contribution in [0.15, 0.2) is 33.6 Å². The largest absolute Gasteiger partial charge is 0.353 e. The molecule has 1 unspecified atom stereocenters. The molecule has 2 rings (SSSR count). The van der Waals surface area contributed by atoms with Crippen LogP contribution in [0.4, 0.5) is 0 Å². The van der Waals surface area contributed by atoms with Gasteiger partial charge in [0, 0.05) is 21.2 Å². The Morgan fingerprint density at radius 1 is 1.40 bits per heavy atom. The molecule has 1 aliphatic carbocycles. The van der Waals surface area contributed by atoms with E-state index in [9.17, 15) is 4.79 Å². The normalized spacial score (nSPS) is 18.8. The Morgan fingerprint density at radius 2 is 2.00 bits per heavy atom. The average Bonchev–Trinajstić information content (AvgIpc) is 2.87. The molecule has 0 heterocycles. The Bertz CT molecular complexity index is 457. The maximum Gasteiger partial charge on any atom is 0.240 e. The predicted octanol–water partition coefficient (Wildman–Crippen LogP) is 3.32. The Kier molecular flexibility index (Phi) is 5.52. The molecule has 0 bridgehead atoms. The zero-order chi connectivity index (χ0) is 14.6. The maximum atomic E-state index is 12.1. The molecule has 0 spiro atoms.